The molecule has 0 spiro atoms. The van der Waals surface area contributed by atoms with E-state index in [9.17, 15) is 0 Å². The van der Waals surface area contributed by atoms with Crippen molar-refractivity contribution in [2.24, 2.45) is 0 Å². The fraction of sp³-hybridized carbons (Fsp3) is 0.778. The maximum atomic E-state index is 7.70. The van der Waals surface area contributed by atoms with Crippen molar-refractivity contribution in [2.75, 3.05) is 13.2 Å². The number of rotatable bonds is 3. The number of terminal acetylenes is 1. The standard InChI is InChI=1S/C9H14O2/c1-2-3-7-10-9-6-4-5-8-11-9/h1,9H,3-8H2/i7D2,9D. The van der Waals surface area contributed by atoms with Gasteiger partial charge in [0.25, 0.3) is 0 Å². The molecule has 0 aromatic carbocycles. The zero-order valence-corrected chi connectivity index (χ0v) is 6.43. The first-order valence-corrected chi connectivity index (χ1v) is 3.75. The topological polar surface area (TPSA) is 18.5 Å². The van der Waals surface area contributed by atoms with Gasteiger partial charge in [-0.2, -0.15) is 0 Å². The third kappa shape index (κ3) is 3.41. The Hall–Kier alpha value is -0.520. The molecular weight excluding hydrogens is 140 g/mol. The van der Waals surface area contributed by atoms with Gasteiger partial charge in [0.15, 0.2) is 6.27 Å². The van der Waals surface area contributed by atoms with Crippen LogP contribution in [0.25, 0.3) is 0 Å². The van der Waals surface area contributed by atoms with Crippen LogP contribution in [0.5, 0.6) is 0 Å². The predicted octanol–water partition coefficient (Wildman–Crippen LogP) is 1.55. The lowest BCUT2D eigenvalue weighted by molar-refractivity contribution is -0.161. The van der Waals surface area contributed by atoms with E-state index in [0.717, 1.165) is 12.8 Å². The number of ether oxygens (including phenoxy) is 2. The second-order valence-corrected chi connectivity index (χ2v) is 2.30. The van der Waals surface area contributed by atoms with Crippen molar-refractivity contribution in [2.45, 2.75) is 31.9 Å². The molecule has 0 aliphatic carbocycles. The van der Waals surface area contributed by atoms with E-state index in [1.54, 1.807) is 0 Å². The van der Waals surface area contributed by atoms with Crippen molar-refractivity contribution in [3.8, 4) is 12.3 Å². The summed E-state index contributed by atoms with van der Waals surface area (Å²) in [5.41, 5.74) is 0. The van der Waals surface area contributed by atoms with E-state index in [0.29, 0.717) is 13.0 Å². The zero-order chi connectivity index (χ0) is 10.7. The van der Waals surface area contributed by atoms with E-state index >= 15 is 0 Å². The molecule has 1 heterocycles. The molecule has 0 N–H and O–H groups in total. The van der Waals surface area contributed by atoms with Gasteiger partial charge >= 0.3 is 0 Å². The molecule has 1 aliphatic heterocycles. The number of hydrogen-bond acceptors (Lipinski definition) is 2. The molecule has 0 bridgehead atoms. The van der Waals surface area contributed by atoms with Gasteiger partial charge in [0.05, 0.1) is 10.7 Å². The molecule has 1 rings (SSSR count). The van der Waals surface area contributed by atoms with Crippen LogP contribution in [0.4, 0.5) is 0 Å². The van der Waals surface area contributed by atoms with E-state index in [1.165, 1.54) is 0 Å². The molecule has 0 saturated carbocycles. The summed E-state index contributed by atoms with van der Waals surface area (Å²) in [6.07, 6.45) is 5.36. The largest absolute Gasteiger partial charge is 0.353 e. The summed E-state index contributed by atoms with van der Waals surface area (Å²) in [4.78, 5) is 0. The maximum Gasteiger partial charge on any atom is 0.157 e. The van der Waals surface area contributed by atoms with Crippen LogP contribution in [0.3, 0.4) is 0 Å². The molecule has 1 atom stereocenters. The number of hydrogen-bond donors (Lipinski definition) is 0. The fourth-order valence-electron chi connectivity index (χ4n) is 0.868. The highest BCUT2D eigenvalue weighted by Gasteiger charge is 2.12. The lowest BCUT2D eigenvalue weighted by Crippen LogP contribution is -2.22. The van der Waals surface area contributed by atoms with E-state index in [2.05, 4.69) is 5.92 Å². The van der Waals surface area contributed by atoms with Gasteiger partial charge in [-0.1, -0.05) is 0 Å². The smallest absolute Gasteiger partial charge is 0.157 e. The monoisotopic (exact) mass is 157 g/mol. The SMILES string of the molecule is [2H]C([2H])(CC#C)OC1([2H])CCCCO1. The maximum absolute atomic E-state index is 7.70. The lowest BCUT2D eigenvalue weighted by Gasteiger charge is -2.22. The highest BCUT2D eigenvalue weighted by Crippen LogP contribution is 2.13. The summed E-state index contributed by atoms with van der Waals surface area (Å²) >= 11 is 0. The molecule has 2 heteroatoms. The summed E-state index contributed by atoms with van der Waals surface area (Å²) in [6.45, 7) is -1.54. The molecule has 62 valence electrons. The van der Waals surface area contributed by atoms with Gasteiger partial charge in [-0.15, -0.1) is 12.3 Å². The first kappa shape index (κ1) is 5.18. The van der Waals surface area contributed by atoms with Gasteiger partial charge in [-0.05, 0) is 19.3 Å². The molecule has 2 nitrogen and oxygen atoms in total. The quantitative estimate of drug-likeness (QED) is 0.579. The van der Waals surface area contributed by atoms with Gasteiger partial charge < -0.3 is 9.47 Å². The van der Waals surface area contributed by atoms with E-state index < -0.39 is 12.8 Å². The van der Waals surface area contributed by atoms with Crippen LogP contribution in [-0.4, -0.2) is 19.4 Å². The van der Waals surface area contributed by atoms with Crippen LogP contribution < -0.4 is 0 Å². The molecule has 0 radical (unpaired) electrons. The summed E-state index contributed by atoms with van der Waals surface area (Å²) in [5, 5.41) is 0. The first-order chi connectivity index (χ1) is 6.47. The van der Waals surface area contributed by atoms with Crippen molar-refractivity contribution in [3.05, 3.63) is 0 Å². The van der Waals surface area contributed by atoms with Crippen molar-refractivity contribution >= 4 is 0 Å². The van der Waals surface area contributed by atoms with Crippen LogP contribution in [-0.2, 0) is 9.47 Å². The summed E-state index contributed by atoms with van der Waals surface area (Å²) in [7, 11) is 0. The Morgan fingerprint density at radius 2 is 2.73 bits per heavy atom. The summed E-state index contributed by atoms with van der Waals surface area (Å²) in [6, 6.07) is 0. The van der Waals surface area contributed by atoms with Crippen LogP contribution in [0.1, 0.15) is 29.8 Å². The minimum atomic E-state index is -1.98. The van der Waals surface area contributed by atoms with Crippen LogP contribution in [0.15, 0.2) is 0 Å². The minimum Gasteiger partial charge on any atom is -0.353 e. The van der Waals surface area contributed by atoms with Crippen LogP contribution in [0, 0.1) is 12.3 Å². The molecule has 11 heavy (non-hydrogen) atoms. The second-order valence-electron chi connectivity index (χ2n) is 2.30. The van der Waals surface area contributed by atoms with Crippen molar-refractivity contribution < 1.29 is 13.6 Å². The van der Waals surface area contributed by atoms with Crippen molar-refractivity contribution in [3.63, 3.8) is 0 Å². The fourth-order valence-corrected chi connectivity index (χ4v) is 0.868. The van der Waals surface area contributed by atoms with Gasteiger partial charge in [0.2, 0.25) is 0 Å². The van der Waals surface area contributed by atoms with Gasteiger partial charge in [-0.25, -0.2) is 0 Å². The van der Waals surface area contributed by atoms with Gasteiger partial charge in [-0.3, -0.25) is 0 Å². The summed E-state index contributed by atoms with van der Waals surface area (Å²) in [5.74, 6) is 2.18. The predicted molar refractivity (Wildman–Crippen MR) is 43.0 cm³/mol. The molecule has 0 aromatic heterocycles. The molecule has 1 unspecified atom stereocenters. The van der Waals surface area contributed by atoms with E-state index in [4.69, 9.17) is 20.0 Å². The van der Waals surface area contributed by atoms with Gasteiger partial charge in [0, 0.05) is 13.0 Å². The average Bonchev–Trinajstić information content (AvgIpc) is 2.02. The minimum absolute atomic E-state index is 0.170. The van der Waals surface area contributed by atoms with Crippen LogP contribution >= 0.6 is 0 Å². The average molecular weight is 157 g/mol. The van der Waals surface area contributed by atoms with E-state index in [1.807, 2.05) is 0 Å². The van der Waals surface area contributed by atoms with Crippen molar-refractivity contribution in [1.29, 1.82) is 0 Å². The molecule has 0 aromatic rings. The van der Waals surface area contributed by atoms with Gasteiger partial charge in [0.1, 0.15) is 0 Å². The van der Waals surface area contributed by atoms with Crippen molar-refractivity contribution in [1.82, 2.24) is 0 Å². The third-order valence-electron chi connectivity index (χ3n) is 1.40. The zero-order valence-electron chi connectivity index (χ0n) is 9.43. The Morgan fingerprint density at radius 1 is 1.82 bits per heavy atom. The summed E-state index contributed by atoms with van der Waals surface area (Å²) < 4.78 is 32.5. The Kier molecular flexibility index (Phi) is 2.44. The Bertz CT molecular complexity index is 229. The van der Waals surface area contributed by atoms with Crippen LogP contribution in [0.2, 0.25) is 0 Å². The Morgan fingerprint density at radius 3 is 3.36 bits per heavy atom. The molecular formula is C9H14O2. The Labute approximate surface area is 72.1 Å². The lowest BCUT2D eigenvalue weighted by atomic mass is 10.2. The molecule has 0 amide bonds. The molecule has 1 fully saturated rings. The van der Waals surface area contributed by atoms with E-state index in [-0.39, 0.29) is 6.42 Å². The second kappa shape index (κ2) is 5.17. The Balaban J connectivity index is 2.52. The normalized spacial score (nSPS) is 36.5. The highest BCUT2D eigenvalue weighted by atomic mass is 16.7. The third-order valence-corrected chi connectivity index (χ3v) is 1.40. The molecule has 1 aliphatic rings. The molecule has 1 saturated heterocycles. The highest BCUT2D eigenvalue weighted by molar-refractivity contribution is 4.82. The first-order valence-electron chi connectivity index (χ1n) is 5.25.